The van der Waals surface area contributed by atoms with Crippen LogP contribution >= 0.6 is 0 Å². The molecule has 0 atom stereocenters. The number of pyridine rings is 1. The zero-order chi connectivity index (χ0) is 17.6. The van der Waals surface area contributed by atoms with Crippen molar-refractivity contribution in [1.82, 2.24) is 15.2 Å². The van der Waals surface area contributed by atoms with Gasteiger partial charge in [0.15, 0.2) is 0 Å². The first-order valence-electron chi connectivity index (χ1n) is 8.37. The molecule has 2 heterocycles. The molecule has 0 bridgehead atoms. The Hall–Kier alpha value is -2.89. The van der Waals surface area contributed by atoms with Crippen molar-refractivity contribution in [2.24, 2.45) is 5.92 Å². The van der Waals surface area contributed by atoms with Gasteiger partial charge in [0.1, 0.15) is 17.1 Å². The van der Waals surface area contributed by atoms with E-state index < -0.39 is 0 Å². The van der Waals surface area contributed by atoms with Crippen LogP contribution in [0.15, 0.2) is 48.8 Å². The summed E-state index contributed by atoms with van der Waals surface area (Å²) in [6.45, 7) is 1.10. The molecular formula is C19H21N3O3. The van der Waals surface area contributed by atoms with Crippen LogP contribution in [0, 0.1) is 5.92 Å². The number of carbonyl (C=O) groups is 2. The van der Waals surface area contributed by atoms with Gasteiger partial charge in [0, 0.05) is 38.4 Å². The van der Waals surface area contributed by atoms with Gasteiger partial charge in [-0.05, 0) is 31.0 Å². The van der Waals surface area contributed by atoms with Crippen LogP contribution in [-0.4, -0.2) is 41.8 Å². The average molecular weight is 339 g/mol. The number of benzene rings is 1. The maximum absolute atomic E-state index is 12.9. The number of para-hydroxylation sites is 1. The van der Waals surface area contributed by atoms with Gasteiger partial charge in [-0.25, -0.2) is 0 Å². The maximum Gasteiger partial charge on any atom is 0.259 e. The molecule has 0 saturated carbocycles. The first kappa shape index (κ1) is 17.0. The summed E-state index contributed by atoms with van der Waals surface area (Å²) in [4.78, 5) is 30.4. The summed E-state index contributed by atoms with van der Waals surface area (Å²) in [6.07, 6.45) is 4.47. The van der Waals surface area contributed by atoms with Crippen LogP contribution in [-0.2, 0) is 4.79 Å². The van der Waals surface area contributed by atoms with Crippen molar-refractivity contribution < 1.29 is 14.3 Å². The molecule has 1 fully saturated rings. The highest BCUT2D eigenvalue weighted by molar-refractivity contribution is 5.96. The van der Waals surface area contributed by atoms with E-state index in [0.29, 0.717) is 43.0 Å². The van der Waals surface area contributed by atoms with Crippen LogP contribution < -0.4 is 10.1 Å². The molecule has 1 aromatic heterocycles. The van der Waals surface area contributed by atoms with Crippen molar-refractivity contribution in [3.05, 3.63) is 54.4 Å². The number of nitrogens with zero attached hydrogens (tertiary/aromatic N) is 2. The molecule has 0 aliphatic carbocycles. The lowest BCUT2D eigenvalue weighted by Gasteiger charge is -2.31. The summed E-state index contributed by atoms with van der Waals surface area (Å²) in [7, 11) is 1.64. The van der Waals surface area contributed by atoms with Gasteiger partial charge >= 0.3 is 0 Å². The molecule has 2 aromatic rings. The predicted octanol–water partition coefficient (Wildman–Crippen LogP) is 2.47. The van der Waals surface area contributed by atoms with E-state index in [0.717, 1.165) is 0 Å². The fraction of sp³-hybridized carbons (Fsp3) is 0.316. The summed E-state index contributed by atoms with van der Waals surface area (Å²) >= 11 is 0. The number of hydrogen-bond acceptors (Lipinski definition) is 4. The molecule has 1 N–H and O–H groups in total. The maximum atomic E-state index is 12.9. The van der Waals surface area contributed by atoms with Crippen LogP contribution in [0.2, 0.25) is 0 Å². The van der Waals surface area contributed by atoms with Crippen molar-refractivity contribution >= 4 is 11.8 Å². The first-order valence-corrected chi connectivity index (χ1v) is 8.37. The van der Waals surface area contributed by atoms with E-state index in [2.05, 4.69) is 10.3 Å². The first-order chi connectivity index (χ1) is 12.2. The quantitative estimate of drug-likeness (QED) is 0.929. The Labute approximate surface area is 146 Å². The molecule has 2 amide bonds. The third-order valence-electron chi connectivity index (χ3n) is 4.38. The van der Waals surface area contributed by atoms with Gasteiger partial charge in [0.05, 0.1) is 0 Å². The Kier molecular flexibility index (Phi) is 5.28. The van der Waals surface area contributed by atoms with E-state index in [-0.39, 0.29) is 17.7 Å². The molecule has 25 heavy (non-hydrogen) atoms. The fourth-order valence-corrected chi connectivity index (χ4v) is 2.97. The molecule has 6 nitrogen and oxygen atoms in total. The summed E-state index contributed by atoms with van der Waals surface area (Å²) < 4.78 is 5.85. The Morgan fingerprint density at radius 3 is 2.56 bits per heavy atom. The monoisotopic (exact) mass is 339 g/mol. The standard InChI is InChI=1S/C19H21N3O3/c1-20-18(23)14-8-11-22(12-9-14)19(24)16-13-21-10-7-17(16)25-15-5-3-2-4-6-15/h2-7,10,13-14H,8-9,11-12H2,1H3,(H,20,23). The third kappa shape index (κ3) is 3.96. The summed E-state index contributed by atoms with van der Waals surface area (Å²) in [6, 6.07) is 11.0. The van der Waals surface area contributed by atoms with Crippen molar-refractivity contribution in [2.75, 3.05) is 20.1 Å². The van der Waals surface area contributed by atoms with Crippen molar-refractivity contribution in [2.45, 2.75) is 12.8 Å². The fourth-order valence-electron chi connectivity index (χ4n) is 2.97. The second-order valence-electron chi connectivity index (χ2n) is 5.97. The Bertz CT molecular complexity index is 741. The molecule has 0 unspecified atom stereocenters. The highest BCUT2D eigenvalue weighted by Crippen LogP contribution is 2.27. The minimum atomic E-state index is -0.116. The normalized spacial score (nSPS) is 14.8. The van der Waals surface area contributed by atoms with Crippen LogP contribution in [0.1, 0.15) is 23.2 Å². The highest BCUT2D eigenvalue weighted by Gasteiger charge is 2.28. The molecule has 0 radical (unpaired) electrons. The second kappa shape index (κ2) is 7.79. The summed E-state index contributed by atoms with van der Waals surface area (Å²) in [5, 5.41) is 2.67. The van der Waals surface area contributed by atoms with Gasteiger partial charge in [0.25, 0.3) is 5.91 Å². The van der Waals surface area contributed by atoms with Crippen molar-refractivity contribution in [1.29, 1.82) is 0 Å². The minimum absolute atomic E-state index is 0.0250. The molecule has 0 spiro atoms. The number of hydrogen-bond donors (Lipinski definition) is 1. The number of rotatable bonds is 4. The van der Waals surface area contributed by atoms with Gasteiger partial charge < -0.3 is 15.0 Å². The zero-order valence-corrected chi connectivity index (χ0v) is 14.1. The minimum Gasteiger partial charge on any atom is -0.456 e. The van der Waals surface area contributed by atoms with Gasteiger partial charge in [0.2, 0.25) is 5.91 Å². The molecule has 1 aliphatic heterocycles. The third-order valence-corrected chi connectivity index (χ3v) is 4.38. The van der Waals surface area contributed by atoms with Gasteiger partial charge in [-0.2, -0.15) is 0 Å². The van der Waals surface area contributed by atoms with Crippen LogP contribution in [0.25, 0.3) is 0 Å². The topological polar surface area (TPSA) is 71.5 Å². The van der Waals surface area contributed by atoms with E-state index in [1.807, 2.05) is 30.3 Å². The van der Waals surface area contributed by atoms with Crippen LogP contribution in [0.3, 0.4) is 0 Å². The highest BCUT2D eigenvalue weighted by atomic mass is 16.5. The molecule has 1 aromatic carbocycles. The lowest BCUT2D eigenvalue weighted by molar-refractivity contribution is -0.125. The van der Waals surface area contributed by atoms with Crippen molar-refractivity contribution in [3.8, 4) is 11.5 Å². The van der Waals surface area contributed by atoms with Crippen molar-refractivity contribution in [3.63, 3.8) is 0 Å². The molecule has 3 rings (SSSR count). The lowest BCUT2D eigenvalue weighted by atomic mass is 9.95. The molecule has 1 aliphatic rings. The molecular weight excluding hydrogens is 318 g/mol. The number of nitrogens with one attached hydrogen (secondary N) is 1. The van der Waals surface area contributed by atoms with E-state index >= 15 is 0 Å². The molecule has 130 valence electrons. The molecule has 1 saturated heterocycles. The van der Waals surface area contributed by atoms with Crippen LogP contribution in [0.4, 0.5) is 0 Å². The second-order valence-corrected chi connectivity index (χ2v) is 5.97. The lowest BCUT2D eigenvalue weighted by Crippen LogP contribution is -2.42. The number of aromatic nitrogens is 1. The van der Waals surface area contributed by atoms with E-state index in [4.69, 9.17) is 4.74 Å². The molecule has 6 heteroatoms. The van der Waals surface area contributed by atoms with E-state index in [1.54, 1.807) is 24.2 Å². The largest absolute Gasteiger partial charge is 0.456 e. The Balaban J connectivity index is 1.72. The van der Waals surface area contributed by atoms with Gasteiger partial charge in [-0.1, -0.05) is 18.2 Å². The zero-order valence-electron chi connectivity index (χ0n) is 14.1. The SMILES string of the molecule is CNC(=O)C1CCN(C(=O)c2cnccc2Oc2ccccc2)CC1. The number of amides is 2. The Morgan fingerprint density at radius 2 is 1.88 bits per heavy atom. The number of carbonyl (C=O) groups excluding carboxylic acids is 2. The van der Waals surface area contributed by atoms with Gasteiger partial charge in [-0.15, -0.1) is 0 Å². The van der Waals surface area contributed by atoms with E-state index in [1.165, 1.54) is 6.20 Å². The Morgan fingerprint density at radius 1 is 1.16 bits per heavy atom. The van der Waals surface area contributed by atoms with Gasteiger partial charge in [-0.3, -0.25) is 14.6 Å². The van der Waals surface area contributed by atoms with Crippen LogP contribution in [0.5, 0.6) is 11.5 Å². The summed E-state index contributed by atoms with van der Waals surface area (Å²) in [5.74, 6) is 1.06. The number of likely N-dealkylation sites (tertiary alicyclic amines) is 1. The predicted molar refractivity (Wildman–Crippen MR) is 93.4 cm³/mol. The average Bonchev–Trinajstić information content (AvgIpc) is 2.68. The number of ether oxygens (including phenoxy) is 1. The van der Waals surface area contributed by atoms with E-state index in [9.17, 15) is 9.59 Å². The number of piperidine rings is 1. The smallest absolute Gasteiger partial charge is 0.259 e. The summed E-state index contributed by atoms with van der Waals surface area (Å²) in [5.41, 5.74) is 0.435.